The van der Waals surface area contributed by atoms with Crippen LogP contribution >= 0.6 is 0 Å². The third kappa shape index (κ3) is 5.79. The van der Waals surface area contributed by atoms with Crippen molar-refractivity contribution in [1.82, 2.24) is 15.0 Å². The van der Waals surface area contributed by atoms with E-state index in [2.05, 4.69) is 5.16 Å². The Morgan fingerprint density at radius 3 is 2.56 bits per heavy atom. The summed E-state index contributed by atoms with van der Waals surface area (Å²) >= 11 is 0. The predicted octanol–water partition coefficient (Wildman–Crippen LogP) is 2.71. The van der Waals surface area contributed by atoms with Gasteiger partial charge in [0.25, 0.3) is 5.91 Å². The lowest BCUT2D eigenvalue weighted by Crippen LogP contribution is -2.43. The summed E-state index contributed by atoms with van der Waals surface area (Å²) in [4.78, 5) is 29.2. The lowest BCUT2D eigenvalue weighted by atomic mass is 10.1. The SMILES string of the molecule is COc1ccc(OC)c(-c2cc(C(=O)N(CCC(=O)N3CCOCC3)CC(C)C)no2)c1. The second-order valence-corrected chi connectivity index (χ2v) is 8.03. The van der Waals surface area contributed by atoms with Gasteiger partial charge in [-0.15, -0.1) is 0 Å². The fraction of sp³-hybridized carbons (Fsp3) is 0.522. The van der Waals surface area contributed by atoms with Crippen molar-refractivity contribution in [2.75, 3.05) is 53.6 Å². The van der Waals surface area contributed by atoms with E-state index in [1.807, 2.05) is 13.8 Å². The third-order valence-corrected chi connectivity index (χ3v) is 5.23. The smallest absolute Gasteiger partial charge is 0.276 e. The molecule has 0 N–H and O–H groups in total. The molecule has 0 radical (unpaired) electrons. The van der Waals surface area contributed by atoms with Crippen molar-refractivity contribution in [3.05, 3.63) is 30.0 Å². The maximum atomic E-state index is 13.2. The van der Waals surface area contributed by atoms with E-state index in [0.717, 1.165) is 0 Å². The molecular formula is C23H31N3O6. The predicted molar refractivity (Wildman–Crippen MR) is 118 cm³/mol. The summed E-state index contributed by atoms with van der Waals surface area (Å²) in [7, 11) is 3.13. The minimum Gasteiger partial charge on any atom is -0.497 e. The molecule has 9 nitrogen and oxygen atoms in total. The van der Waals surface area contributed by atoms with Gasteiger partial charge in [-0.2, -0.15) is 0 Å². The van der Waals surface area contributed by atoms with Gasteiger partial charge >= 0.3 is 0 Å². The number of hydrogen-bond donors (Lipinski definition) is 0. The van der Waals surface area contributed by atoms with Crippen LogP contribution in [0.1, 0.15) is 30.8 Å². The van der Waals surface area contributed by atoms with E-state index in [-0.39, 0.29) is 29.8 Å². The first-order valence-electron chi connectivity index (χ1n) is 10.8. The molecule has 1 aliphatic rings. The molecule has 0 saturated carbocycles. The van der Waals surface area contributed by atoms with Crippen LogP contribution in [0.4, 0.5) is 0 Å². The Balaban J connectivity index is 1.74. The van der Waals surface area contributed by atoms with Crippen molar-refractivity contribution in [3.63, 3.8) is 0 Å². The molecular weight excluding hydrogens is 414 g/mol. The fourth-order valence-corrected chi connectivity index (χ4v) is 3.59. The number of carbonyl (C=O) groups excluding carboxylic acids is 2. The monoisotopic (exact) mass is 445 g/mol. The fourth-order valence-electron chi connectivity index (χ4n) is 3.59. The van der Waals surface area contributed by atoms with Crippen LogP contribution in [-0.4, -0.2) is 80.4 Å². The zero-order valence-corrected chi connectivity index (χ0v) is 19.1. The zero-order valence-electron chi connectivity index (χ0n) is 19.1. The molecule has 0 aliphatic carbocycles. The summed E-state index contributed by atoms with van der Waals surface area (Å²) in [5.41, 5.74) is 0.820. The molecule has 1 fully saturated rings. The van der Waals surface area contributed by atoms with Gasteiger partial charge in [0, 0.05) is 38.7 Å². The molecule has 0 bridgehead atoms. The Kier molecular flexibility index (Phi) is 8.10. The number of rotatable bonds is 9. The zero-order chi connectivity index (χ0) is 23.1. The van der Waals surface area contributed by atoms with Crippen LogP contribution in [-0.2, 0) is 9.53 Å². The van der Waals surface area contributed by atoms with Gasteiger partial charge in [0.2, 0.25) is 5.91 Å². The second kappa shape index (κ2) is 11.0. The van der Waals surface area contributed by atoms with E-state index >= 15 is 0 Å². The van der Waals surface area contributed by atoms with Crippen molar-refractivity contribution < 1.29 is 28.3 Å². The summed E-state index contributed by atoms with van der Waals surface area (Å²) in [5, 5.41) is 3.99. The molecule has 1 aromatic heterocycles. The van der Waals surface area contributed by atoms with Gasteiger partial charge in [0.05, 0.1) is 33.0 Å². The first kappa shape index (κ1) is 23.6. The lowest BCUT2D eigenvalue weighted by Gasteiger charge is -2.29. The maximum absolute atomic E-state index is 13.2. The quantitative estimate of drug-likeness (QED) is 0.586. The van der Waals surface area contributed by atoms with Gasteiger partial charge in [-0.05, 0) is 24.1 Å². The van der Waals surface area contributed by atoms with Gasteiger partial charge in [-0.1, -0.05) is 19.0 Å². The molecule has 0 atom stereocenters. The standard InChI is InChI=1S/C23H31N3O6/c1-16(2)15-26(8-7-22(27)25-9-11-31-12-10-25)23(28)19-14-21(32-24-19)18-13-17(29-3)5-6-20(18)30-4/h5-6,13-14,16H,7-12,15H2,1-4H3. The van der Waals surface area contributed by atoms with E-state index in [1.54, 1.807) is 48.3 Å². The van der Waals surface area contributed by atoms with Gasteiger partial charge in [-0.25, -0.2) is 0 Å². The molecule has 0 unspecified atom stereocenters. The van der Waals surface area contributed by atoms with Crippen molar-refractivity contribution in [2.45, 2.75) is 20.3 Å². The molecule has 9 heteroatoms. The first-order chi connectivity index (χ1) is 15.4. The summed E-state index contributed by atoms with van der Waals surface area (Å²) < 4.78 is 21.4. The number of carbonyl (C=O) groups is 2. The van der Waals surface area contributed by atoms with Crippen LogP contribution < -0.4 is 9.47 Å². The van der Waals surface area contributed by atoms with Crippen molar-refractivity contribution in [2.24, 2.45) is 5.92 Å². The van der Waals surface area contributed by atoms with Crippen LogP contribution in [0.5, 0.6) is 11.5 Å². The molecule has 0 spiro atoms. The summed E-state index contributed by atoms with van der Waals surface area (Å²) in [6.45, 7) is 7.17. The van der Waals surface area contributed by atoms with E-state index in [9.17, 15) is 9.59 Å². The highest BCUT2D eigenvalue weighted by molar-refractivity contribution is 5.93. The van der Waals surface area contributed by atoms with Crippen LogP contribution in [0.2, 0.25) is 0 Å². The number of nitrogens with zero attached hydrogens (tertiary/aromatic N) is 3. The Hall–Kier alpha value is -3.07. The van der Waals surface area contributed by atoms with Gasteiger partial charge in [-0.3, -0.25) is 9.59 Å². The highest BCUT2D eigenvalue weighted by Crippen LogP contribution is 2.34. The molecule has 1 saturated heterocycles. The van der Waals surface area contributed by atoms with Gasteiger partial charge < -0.3 is 28.5 Å². The summed E-state index contributed by atoms with van der Waals surface area (Å²) in [5.74, 6) is 1.60. The third-order valence-electron chi connectivity index (χ3n) is 5.23. The van der Waals surface area contributed by atoms with Crippen LogP contribution in [0.15, 0.2) is 28.8 Å². The molecule has 1 aromatic carbocycles. The normalized spacial score (nSPS) is 13.8. The number of methoxy groups -OCH3 is 2. The number of benzene rings is 1. The second-order valence-electron chi connectivity index (χ2n) is 8.03. The molecule has 2 aromatic rings. The Labute approximate surface area is 188 Å². The summed E-state index contributed by atoms with van der Waals surface area (Å²) in [6.07, 6.45) is 0.257. The largest absolute Gasteiger partial charge is 0.497 e. The van der Waals surface area contributed by atoms with E-state index < -0.39 is 0 Å². The van der Waals surface area contributed by atoms with Crippen molar-refractivity contribution >= 4 is 11.8 Å². The molecule has 32 heavy (non-hydrogen) atoms. The molecule has 3 rings (SSSR count). The van der Waals surface area contributed by atoms with Gasteiger partial charge in [0.15, 0.2) is 11.5 Å². The number of morpholine rings is 1. The number of aromatic nitrogens is 1. The molecule has 2 amide bonds. The van der Waals surface area contributed by atoms with Crippen molar-refractivity contribution in [3.8, 4) is 22.8 Å². The highest BCUT2D eigenvalue weighted by atomic mass is 16.5. The molecule has 2 heterocycles. The Morgan fingerprint density at radius 1 is 1.16 bits per heavy atom. The minimum atomic E-state index is -0.273. The topological polar surface area (TPSA) is 94.3 Å². The lowest BCUT2D eigenvalue weighted by molar-refractivity contribution is -0.135. The molecule has 1 aliphatic heterocycles. The van der Waals surface area contributed by atoms with Gasteiger partial charge in [0.1, 0.15) is 11.5 Å². The molecule has 174 valence electrons. The Morgan fingerprint density at radius 2 is 1.91 bits per heavy atom. The Bertz CT molecular complexity index is 920. The van der Waals surface area contributed by atoms with Crippen LogP contribution in [0.3, 0.4) is 0 Å². The van der Waals surface area contributed by atoms with E-state index in [1.165, 1.54) is 0 Å². The first-order valence-corrected chi connectivity index (χ1v) is 10.8. The average molecular weight is 446 g/mol. The van der Waals surface area contributed by atoms with Crippen LogP contribution in [0.25, 0.3) is 11.3 Å². The van der Waals surface area contributed by atoms with E-state index in [4.69, 9.17) is 18.7 Å². The van der Waals surface area contributed by atoms with E-state index in [0.29, 0.717) is 62.2 Å². The number of amides is 2. The number of hydrogen-bond acceptors (Lipinski definition) is 7. The highest BCUT2D eigenvalue weighted by Gasteiger charge is 2.24. The summed E-state index contributed by atoms with van der Waals surface area (Å²) in [6, 6.07) is 6.90. The van der Waals surface area contributed by atoms with Crippen LogP contribution in [0, 0.1) is 5.92 Å². The number of ether oxygens (including phenoxy) is 3. The van der Waals surface area contributed by atoms with Crippen molar-refractivity contribution in [1.29, 1.82) is 0 Å². The average Bonchev–Trinajstić information content (AvgIpc) is 3.31. The maximum Gasteiger partial charge on any atom is 0.276 e. The minimum absolute atomic E-state index is 0.0248.